The van der Waals surface area contributed by atoms with E-state index in [4.69, 9.17) is 0 Å². The molecular weight excluding hydrogens is 435 g/mol. The molecule has 1 aliphatic rings. The van der Waals surface area contributed by atoms with Gasteiger partial charge in [0.15, 0.2) is 0 Å². The maximum Gasteiger partial charge on any atom is 0.406 e. The normalized spacial score (nSPS) is 23.5. The van der Waals surface area contributed by atoms with Crippen LogP contribution in [0.1, 0.15) is 25.3 Å². The Bertz CT molecular complexity index is 1210. The molecule has 0 radical (unpaired) electrons. The van der Waals surface area contributed by atoms with Gasteiger partial charge in [-0.25, -0.2) is 9.78 Å². The van der Waals surface area contributed by atoms with E-state index in [9.17, 15) is 33.0 Å². The topological polar surface area (TPSA) is 104 Å². The second-order valence-corrected chi connectivity index (χ2v) is 9.09. The van der Waals surface area contributed by atoms with Gasteiger partial charge in [-0.05, 0) is 24.1 Å². The van der Waals surface area contributed by atoms with Crippen LogP contribution in [0.25, 0.3) is 20.7 Å². The zero-order valence-corrected chi connectivity index (χ0v) is 17.0. The second kappa shape index (κ2) is 7.06. The van der Waals surface area contributed by atoms with Gasteiger partial charge in [-0.15, -0.1) is 11.3 Å². The Morgan fingerprint density at radius 3 is 2.48 bits per heavy atom. The lowest BCUT2D eigenvalue weighted by molar-refractivity contribution is -0.141. The minimum absolute atomic E-state index is 0.106. The number of amides is 1. The quantitative estimate of drug-likeness (QED) is 0.559. The molecule has 7 nitrogen and oxygen atoms in total. The summed E-state index contributed by atoms with van der Waals surface area (Å²) in [4.78, 5) is 28.6. The number of benzene rings is 1. The highest BCUT2D eigenvalue weighted by Crippen LogP contribution is 2.48. The van der Waals surface area contributed by atoms with Crippen LogP contribution in [0.4, 0.5) is 18.0 Å². The fourth-order valence-corrected chi connectivity index (χ4v) is 5.17. The molecule has 1 aromatic carbocycles. The van der Waals surface area contributed by atoms with Gasteiger partial charge in [-0.3, -0.25) is 9.36 Å². The van der Waals surface area contributed by atoms with Crippen molar-refractivity contribution in [3.8, 4) is 10.4 Å². The van der Waals surface area contributed by atoms with Crippen LogP contribution >= 0.6 is 11.3 Å². The summed E-state index contributed by atoms with van der Waals surface area (Å²) in [7, 11) is 0. The van der Waals surface area contributed by atoms with Crippen molar-refractivity contribution in [1.29, 1.82) is 0 Å². The van der Waals surface area contributed by atoms with E-state index in [1.165, 1.54) is 17.4 Å². The molecular formula is C20H18F3N3O4S. The number of nitrogens with one attached hydrogen (secondary N) is 1. The molecule has 0 atom stereocenters. The molecule has 164 valence electrons. The zero-order chi connectivity index (χ0) is 22.6. The summed E-state index contributed by atoms with van der Waals surface area (Å²) in [6.07, 6.45) is -4.36. The summed E-state index contributed by atoms with van der Waals surface area (Å²) in [6.45, 7) is 0.232. The van der Waals surface area contributed by atoms with Crippen molar-refractivity contribution in [3.63, 3.8) is 0 Å². The molecule has 3 N–H and O–H groups in total. The van der Waals surface area contributed by atoms with Crippen molar-refractivity contribution in [2.45, 2.75) is 43.6 Å². The monoisotopic (exact) mass is 453 g/mol. The van der Waals surface area contributed by atoms with E-state index >= 15 is 0 Å². The first-order valence-corrected chi connectivity index (χ1v) is 10.1. The number of hydrogen-bond donors (Lipinski definition) is 3. The molecule has 1 aliphatic carbocycles. The Balaban J connectivity index is 1.65. The van der Waals surface area contributed by atoms with Crippen molar-refractivity contribution < 1.29 is 28.2 Å². The lowest BCUT2D eigenvalue weighted by Crippen LogP contribution is -2.61. The molecule has 0 aliphatic heterocycles. The highest BCUT2D eigenvalue weighted by molar-refractivity contribution is 7.21. The van der Waals surface area contributed by atoms with Crippen LogP contribution in [0.15, 0.2) is 41.5 Å². The number of hydrogen-bond acceptors (Lipinski definition) is 5. The highest BCUT2D eigenvalue weighted by Gasteiger charge is 2.53. The summed E-state index contributed by atoms with van der Waals surface area (Å²) in [5.41, 5.74) is -1.21. The average Bonchev–Trinajstić information content (AvgIpc) is 3.06. The number of thiophene rings is 1. The van der Waals surface area contributed by atoms with E-state index < -0.39 is 35.5 Å². The maximum atomic E-state index is 12.6. The number of fused-ring (bicyclic) bond motifs is 1. The molecule has 1 saturated carbocycles. The predicted octanol–water partition coefficient (Wildman–Crippen LogP) is 3.70. The average molecular weight is 453 g/mol. The van der Waals surface area contributed by atoms with Gasteiger partial charge in [0.2, 0.25) is 0 Å². The Hall–Kier alpha value is -2.92. The third-order valence-corrected chi connectivity index (χ3v) is 6.39. The second-order valence-electron chi connectivity index (χ2n) is 8.06. The summed E-state index contributed by atoms with van der Waals surface area (Å²) in [5, 5.41) is 21.9. The molecule has 3 aromatic rings. The van der Waals surface area contributed by atoms with Gasteiger partial charge in [0, 0.05) is 17.7 Å². The van der Waals surface area contributed by atoms with Crippen molar-refractivity contribution in [2.24, 2.45) is 0 Å². The molecule has 4 rings (SSSR count). The molecule has 1 fully saturated rings. The fourth-order valence-electron chi connectivity index (χ4n) is 4.18. The number of aliphatic hydroxyl groups is 1. The van der Waals surface area contributed by atoms with Crippen LogP contribution < -0.4 is 10.9 Å². The third kappa shape index (κ3) is 4.15. The number of halogens is 3. The van der Waals surface area contributed by atoms with Crippen molar-refractivity contribution in [3.05, 3.63) is 52.6 Å². The van der Waals surface area contributed by atoms with Crippen LogP contribution in [0.3, 0.4) is 0 Å². The first-order valence-electron chi connectivity index (χ1n) is 9.28. The Kier molecular flexibility index (Phi) is 4.85. The van der Waals surface area contributed by atoms with Gasteiger partial charge in [0.1, 0.15) is 11.4 Å². The van der Waals surface area contributed by atoms with Gasteiger partial charge in [0.25, 0.3) is 5.56 Å². The minimum atomic E-state index is -4.53. The van der Waals surface area contributed by atoms with Crippen LogP contribution in [0, 0.1) is 0 Å². The molecule has 1 amide bonds. The van der Waals surface area contributed by atoms with E-state index in [1.807, 2.05) is 0 Å². The third-order valence-electron chi connectivity index (χ3n) is 5.30. The van der Waals surface area contributed by atoms with Crippen LogP contribution in [0.2, 0.25) is 0 Å². The molecule has 0 unspecified atom stereocenters. The van der Waals surface area contributed by atoms with E-state index in [-0.39, 0.29) is 18.2 Å². The molecule has 0 bridgehead atoms. The van der Waals surface area contributed by atoms with Crippen molar-refractivity contribution in [1.82, 2.24) is 14.9 Å². The minimum Gasteiger partial charge on any atom is -0.465 e. The van der Waals surface area contributed by atoms with Gasteiger partial charge in [-0.1, -0.05) is 24.3 Å². The molecule has 2 aromatic heterocycles. The SMILES string of the molecule is C[C@]1(O)C[C@](NC(=O)O)(c2ccc(-c3cc4c(=O)n(CC(F)(F)F)cnc4s3)cc2)C1. The lowest BCUT2D eigenvalue weighted by Gasteiger charge is -2.51. The molecule has 31 heavy (non-hydrogen) atoms. The number of nitrogens with zero attached hydrogens (tertiary/aromatic N) is 2. The van der Waals surface area contributed by atoms with Crippen LogP contribution in [0.5, 0.6) is 0 Å². The number of carboxylic acid groups (broad SMARTS) is 1. The number of rotatable bonds is 4. The van der Waals surface area contributed by atoms with Crippen molar-refractivity contribution >= 4 is 27.6 Å². The van der Waals surface area contributed by atoms with Gasteiger partial charge >= 0.3 is 12.3 Å². The van der Waals surface area contributed by atoms with E-state index in [0.717, 1.165) is 6.33 Å². The Morgan fingerprint density at radius 1 is 1.29 bits per heavy atom. The number of carbonyl (C=O) groups is 1. The van der Waals surface area contributed by atoms with Crippen LogP contribution in [-0.4, -0.2) is 37.6 Å². The zero-order valence-electron chi connectivity index (χ0n) is 16.2. The van der Waals surface area contributed by atoms with E-state index in [1.54, 1.807) is 31.2 Å². The van der Waals surface area contributed by atoms with Gasteiger partial charge < -0.3 is 15.5 Å². The molecule has 11 heteroatoms. The number of alkyl halides is 3. The maximum absolute atomic E-state index is 12.6. The largest absolute Gasteiger partial charge is 0.465 e. The summed E-state index contributed by atoms with van der Waals surface area (Å²) < 4.78 is 38.5. The molecule has 0 saturated heterocycles. The molecule has 2 heterocycles. The summed E-state index contributed by atoms with van der Waals surface area (Å²) in [6, 6.07) is 8.47. The van der Waals surface area contributed by atoms with Crippen LogP contribution in [-0.2, 0) is 12.1 Å². The summed E-state index contributed by atoms with van der Waals surface area (Å²) in [5.74, 6) is 0. The first-order chi connectivity index (χ1) is 14.4. The van der Waals surface area contributed by atoms with E-state index in [0.29, 0.717) is 25.4 Å². The summed E-state index contributed by atoms with van der Waals surface area (Å²) >= 11 is 1.18. The van der Waals surface area contributed by atoms with Crippen molar-refractivity contribution in [2.75, 3.05) is 0 Å². The fraction of sp³-hybridized carbons (Fsp3) is 0.350. The standard InChI is InChI=1S/C20H18F3N3O4S/c1-18(30)7-19(8-18,25-17(28)29)12-4-2-11(3-5-12)14-6-13-15(31-14)24-10-26(16(13)27)9-20(21,22)23/h2-6,10,25,30H,7-9H2,1H3,(H,28,29)/t18-,19+. The Morgan fingerprint density at radius 2 is 1.94 bits per heavy atom. The number of aromatic nitrogens is 2. The lowest BCUT2D eigenvalue weighted by atomic mass is 9.62. The highest BCUT2D eigenvalue weighted by atomic mass is 32.1. The Labute approximate surface area is 177 Å². The first kappa shape index (κ1) is 21.3. The molecule has 0 spiro atoms. The van der Waals surface area contributed by atoms with Gasteiger partial charge in [0.05, 0.1) is 22.9 Å². The van der Waals surface area contributed by atoms with E-state index in [2.05, 4.69) is 10.3 Å². The smallest absolute Gasteiger partial charge is 0.406 e. The van der Waals surface area contributed by atoms with Gasteiger partial charge in [-0.2, -0.15) is 13.2 Å². The predicted molar refractivity (Wildman–Crippen MR) is 108 cm³/mol.